The van der Waals surface area contributed by atoms with Gasteiger partial charge in [0.15, 0.2) is 23.3 Å². The highest BCUT2D eigenvalue weighted by Crippen LogP contribution is 2.36. The SMILES string of the molecule is CCc1nnc(/N=C2/S/C(=C/c3ccc(OCC(=O)O)c(OC)c3)C(=O)N2CC)s1. The monoisotopic (exact) mass is 448 g/mol. The summed E-state index contributed by atoms with van der Waals surface area (Å²) in [5.74, 6) is -0.535. The molecule has 1 aromatic heterocycles. The van der Waals surface area contributed by atoms with Crippen molar-refractivity contribution in [1.82, 2.24) is 15.1 Å². The minimum atomic E-state index is -1.08. The summed E-state index contributed by atoms with van der Waals surface area (Å²) in [7, 11) is 1.46. The van der Waals surface area contributed by atoms with Crippen molar-refractivity contribution in [3.8, 4) is 11.5 Å². The Hall–Kier alpha value is -2.92. The molecule has 0 atom stereocenters. The number of ether oxygens (including phenoxy) is 2. The highest BCUT2D eigenvalue weighted by Gasteiger charge is 2.32. The molecule has 1 fully saturated rings. The number of carbonyl (C=O) groups is 2. The van der Waals surface area contributed by atoms with Crippen LogP contribution >= 0.6 is 23.1 Å². The van der Waals surface area contributed by atoms with Gasteiger partial charge in [-0.3, -0.25) is 9.69 Å². The van der Waals surface area contributed by atoms with Gasteiger partial charge in [0.05, 0.1) is 12.0 Å². The van der Waals surface area contributed by atoms with Gasteiger partial charge in [-0.2, -0.15) is 4.99 Å². The van der Waals surface area contributed by atoms with Crippen molar-refractivity contribution in [2.24, 2.45) is 4.99 Å². The van der Waals surface area contributed by atoms with E-state index in [-0.39, 0.29) is 5.91 Å². The Morgan fingerprint density at radius 3 is 2.73 bits per heavy atom. The Morgan fingerprint density at radius 2 is 2.10 bits per heavy atom. The van der Waals surface area contributed by atoms with Gasteiger partial charge in [0, 0.05) is 6.54 Å². The van der Waals surface area contributed by atoms with Crippen LogP contribution in [0, 0.1) is 0 Å². The molecule has 3 rings (SSSR count). The molecule has 1 aliphatic rings. The van der Waals surface area contributed by atoms with E-state index in [1.165, 1.54) is 30.2 Å². The molecule has 1 N–H and O–H groups in total. The van der Waals surface area contributed by atoms with E-state index >= 15 is 0 Å². The topological polar surface area (TPSA) is 114 Å². The Balaban J connectivity index is 1.86. The number of hydrogen-bond donors (Lipinski definition) is 1. The number of aliphatic imine (C=N–C) groups is 1. The molecule has 1 aliphatic heterocycles. The average molecular weight is 449 g/mol. The lowest BCUT2D eigenvalue weighted by molar-refractivity contribution is -0.139. The molecule has 1 saturated heterocycles. The minimum absolute atomic E-state index is 0.147. The molecule has 1 aromatic carbocycles. The molecule has 0 radical (unpaired) electrons. The van der Waals surface area contributed by atoms with Crippen molar-refractivity contribution in [3.05, 3.63) is 33.7 Å². The number of carboxylic acid groups (broad SMARTS) is 1. The molecule has 2 heterocycles. The number of carbonyl (C=O) groups excluding carboxylic acids is 1. The van der Waals surface area contributed by atoms with Gasteiger partial charge in [-0.05, 0) is 48.9 Å². The van der Waals surface area contributed by atoms with E-state index in [0.29, 0.717) is 38.8 Å². The van der Waals surface area contributed by atoms with Crippen LogP contribution in [0.5, 0.6) is 11.5 Å². The van der Waals surface area contributed by atoms with Crippen LogP contribution in [0.4, 0.5) is 5.13 Å². The third-order valence-electron chi connectivity index (χ3n) is 3.99. The predicted octanol–water partition coefficient (Wildman–Crippen LogP) is 3.20. The zero-order chi connectivity index (χ0) is 21.7. The van der Waals surface area contributed by atoms with Crippen LogP contribution < -0.4 is 9.47 Å². The summed E-state index contributed by atoms with van der Waals surface area (Å²) in [4.78, 5) is 30.1. The van der Waals surface area contributed by atoms with E-state index in [0.717, 1.165) is 11.4 Å². The lowest BCUT2D eigenvalue weighted by Gasteiger charge is -2.11. The van der Waals surface area contributed by atoms with Crippen molar-refractivity contribution in [1.29, 1.82) is 0 Å². The number of likely N-dealkylation sites (N-methyl/N-ethyl adjacent to an activating group) is 1. The molecule has 30 heavy (non-hydrogen) atoms. The zero-order valence-electron chi connectivity index (χ0n) is 16.6. The third-order valence-corrected chi connectivity index (χ3v) is 5.96. The minimum Gasteiger partial charge on any atom is -0.493 e. The molecule has 0 aliphatic carbocycles. The van der Waals surface area contributed by atoms with Crippen molar-refractivity contribution in [3.63, 3.8) is 0 Å². The standard InChI is InChI=1S/C19H20N4O5S2/c1-4-15-21-22-18(30-15)20-19-23(5-2)17(26)14(29-19)9-11-6-7-12(13(8-11)27-3)28-10-16(24)25/h6-9H,4-5,10H2,1-3H3,(H,24,25)/b14-9+,20-19+. The van der Waals surface area contributed by atoms with Crippen LogP contribution in [0.3, 0.4) is 0 Å². The number of aryl methyl sites for hydroxylation is 1. The summed E-state index contributed by atoms with van der Waals surface area (Å²) >= 11 is 2.67. The molecular weight excluding hydrogens is 428 g/mol. The molecule has 0 bridgehead atoms. The summed E-state index contributed by atoms with van der Waals surface area (Å²) < 4.78 is 10.5. The maximum absolute atomic E-state index is 12.8. The van der Waals surface area contributed by atoms with Gasteiger partial charge in [0.25, 0.3) is 5.91 Å². The van der Waals surface area contributed by atoms with Crippen molar-refractivity contribution < 1.29 is 24.2 Å². The van der Waals surface area contributed by atoms with Gasteiger partial charge in [0.2, 0.25) is 5.13 Å². The van der Waals surface area contributed by atoms with E-state index in [1.54, 1.807) is 29.2 Å². The fraction of sp³-hybridized carbons (Fsp3) is 0.316. The van der Waals surface area contributed by atoms with E-state index in [4.69, 9.17) is 14.6 Å². The highest BCUT2D eigenvalue weighted by molar-refractivity contribution is 8.18. The first kappa shape index (κ1) is 21.8. The molecule has 9 nitrogen and oxygen atoms in total. The number of nitrogens with zero attached hydrogens (tertiary/aromatic N) is 4. The fourth-order valence-corrected chi connectivity index (χ4v) is 4.32. The lowest BCUT2D eigenvalue weighted by atomic mass is 10.2. The number of amidine groups is 1. The van der Waals surface area contributed by atoms with Gasteiger partial charge in [-0.15, -0.1) is 10.2 Å². The quantitative estimate of drug-likeness (QED) is 0.613. The van der Waals surface area contributed by atoms with Crippen molar-refractivity contribution >= 4 is 51.4 Å². The molecule has 0 saturated carbocycles. The molecule has 158 valence electrons. The second-order valence-corrected chi connectivity index (χ2v) is 8.03. The summed E-state index contributed by atoms with van der Waals surface area (Å²) in [6, 6.07) is 5.02. The van der Waals surface area contributed by atoms with Crippen LogP contribution in [0.25, 0.3) is 6.08 Å². The van der Waals surface area contributed by atoms with E-state index in [2.05, 4.69) is 15.2 Å². The van der Waals surface area contributed by atoms with Gasteiger partial charge in [-0.25, -0.2) is 4.79 Å². The number of hydrogen-bond acceptors (Lipinski definition) is 9. The number of rotatable bonds is 8. The Kier molecular flexibility index (Phi) is 7.06. The first-order chi connectivity index (χ1) is 14.4. The van der Waals surface area contributed by atoms with Crippen molar-refractivity contribution in [2.45, 2.75) is 20.3 Å². The first-order valence-electron chi connectivity index (χ1n) is 9.10. The number of aromatic nitrogens is 2. The molecule has 2 aromatic rings. The number of amides is 1. The molecule has 0 spiro atoms. The second-order valence-electron chi connectivity index (χ2n) is 5.98. The maximum Gasteiger partial charge on any atom is 0.341 e. The maximum atomic E-state index is 12.8. The van der Waals surface area contributed by atoms with Gasteiger partial charge < -0.3 is 14.6 Å². The van der Waals surface area contributed by atoms with Crippen molar-refractivity contribution in [2.75, 3.05) is 20.3 Å². The molecule has 11 heteroatoms. The van der Waals surface area contributed by atoms with Crippen LogP contribution in [0.2, 0.25) is 0 Å². The smallest absolute Gasteiger partial charge is 0.341 e. The molecule has 1 amide bonds. The molecular formula is C19H20N4O5S2. The predicted molar refractivity (Wildman–Crippen MR) is 115 cm³/mol. The summed E-state index contributed by atoms with van der Waals surface area (Å²) in [5, 5.41) is 18.8. The van der Waals surface area contributed by atoms with E-state index in [9.17, 15) is 9.59 Å². The van der Waals surface area contributed by atoms with Gasteiger partial charge in [-0.1, -0.05) is 24.3 Å². The number of thioether (sulfide) groups is 1. The summed E-state index contributed by atoms with van der Waals surface area (Å²) in [6.45, 7) is 3.89. The highest BCUT2D eigenvalue weighted by atomic mass is 32.2. The van der Waals surface area contributed by atoms with Gasteiger partial charge >= 0.3 is 5.97 Å². The Labute approximate surface area is 181 Å². The number of benzene rings is 1. The normalized spacial score (nSPS) is 16.5. The third kappa shape index (κ3) is 4.97. The van der Waals surface area contributed by atoms with Gasteiger partial charge in [0.1, 0.15) is 5.01 Å². The largest absolute Gasteiger partial charge is 0.493 e. The number of methoxy groups -OCH3 is 1. The van der Waals surface area contributed by atoms with Crippen LogP contribution in [-0.4, -0.2) is 57.5 Å². The lowest BCUT2D eigenvalue weighted by Crippen LogP contribution is -2.28. The average Bonchev–Trinajstić information content (AvgIpc) is 3.31. The summed E-state index contributed by atoms with van der Waals surface area (Å²) in [6.07, 6.45) is 2.52. The van der Waals surface area contributed by atoms with E-state index in [1.807, 2.05) is 13.8 Å². The zero-order valence-corrected chi connectivity index (χ0v) is 18.2. The van der Waals surface area contributed by atoms with Crippen LogP contribution in [-0.2, 0) is 16.0 Å². The number of aliphatic carboxylic acids is 1. The second kappa shape index (κ2) is 9.72. The van der Waals surface area contributed by atoms with E-state index < -0.39 is 12.6 Å². The van der Waals surface area contributed by atoms with Crippen LogP contribution in [0.15, 0.2) is 28.1 Å². The molecule has 0 unspecified atom stereocenters. The Morgan fingerprint density at radius 1 is 1.30 bits per heavy atom. The first-order valence-corrected chi connectivity index (χ1v) is 10.7. The number of carboxylic acids is 1. The van der Waals surface area contributed by atoms with Crippen LogP contribution in [0.1, 0.15) is 24.4 Å². The fourth-order valence-electron chi connectivity index (χ4n) is 2.57. The summed E-state index contributed by atoms with van der Waals surface area (Å²) in [5.41, 5.74) is 0.715. The Bertz CT molecular complexity index is 1020.